The summed E-state index contributed by atoms with van der Waals surface area (Å²) in [5.41, 5.74) is 6.87. The molecule has 2 rings (SSSR count). The van der Waals surface area contributed by atoms with Crippen molar-refractivity contribution in [2.24, 2.45) is 0 Å². The van der Waals surface area contributed by atoms with E-state index in [1.165, 1.54) is 12.1 Å². The molecule has 1 amide bonds. The van der Waals surface area contributed by atoms with Crippen molar-refractivity contribution >= 4 is 11.6 Å². The second-order valence-corrected chi connectivity index (χ2v) is 4.26. The van der Waals surface area contributed by atoms with Gasteiger partial charge in [-0.1, -0.05) is 12.1 Å². The Morgan fingerprint density at radius 1 is 1.20 bits per heavy atom. The molecule has 0 heterocycles. The number of nitrogen functional groups attached to an aromatic ring is 1. The molecule has 0 fully saturated rings. The first-order chi connectivity index (χ1) is 9.63. The highest BCUT2D eigenvalue weighted by Crippen LogP contribution is 2.12. The number of rotatable bonds is 5. The molecule has 0 aromatic heterocycles. The summed E-state index contributed by atoms with van der Waals surface area (Å²) in [5, 5.41) is 2.65. The highest BCUT2D eigenvalue weighted by atomic mass is 19.1. The third-order valence-electron chi connectivity index (χ3n) is 2.63. The quantitative estimate of drug-likeness (QED) is 0.821. The fourth-order valence-corrected chi connectivity index (χ4v) is 1.61. The van der Waals surface area contributed by atoms with Crippen molar-refractivity contribution in [2.45, 2.75) is 6.54 Å². The zero-order chi connectivity index (χ0) is 14.4. The molecule has 2 aromatic rings. The lowest BCUT2D eigenvalue weighted by atomic mass is 10.2. The number of amides is 1. The van der Waals surface area contributed by atoms with Crippen LogP contribution in [0.1, 0.15) is 5.56 Å². The van der Waals surface area contributed by atoms with Crippen LogP contribution in [0.25, 0.3) is 0 Å². The van der Waals surface area contributed by atoms with Crippen LogP contribution in [0, 0.1) is 5.82 Å². The molecule has 2 aromatic carbocycles. The maximum absolute atomic E-state index is 12.9. The number of ether oxygens (including phenoxy) is 1. The Balaban J connectivity index is 1.77. The second kappa shape index (κ2) is 6.56. The van der Waals surface area contributed by atoms with E-state index in [0.717, 1.165) is 0 Å². The molecular formula is C15H15FN2O2. The second-order valence-electron chi connectivity index (χ2n) is 4.26. The standard InChI is InChI=1S/C15H15FN2O2/c16-12-3-1-2-11(8-12)9-18-15(19)10-20-14-6-4-13(17)5-7-14/h1-8H,9-10,17H2,(H,18,19). The Labute approximate surface area is 116 Å². The van der Waals surface area contributed by atoms with Crippen LogP contribution in [0.3, 0.4) is 0 Å². The fourth-order valence-electron chi connectivity index (χ4n) is 1.61. The number of hydrogen-bond acceptors (Lipinski definition) is 3. The summed E-state index contributed by atoms with van der Waals surface area (Å²) < 4.78 is 18.2. The molecule has 0 saturated carbocycles. The number of nitrogens with two attached hydrogens (primary N) is 1. The maximum Gasteiger partial charge on any atom is 0.258 e. The van der Waals surface area contributed by atoms with Crippen molar-refractivity contribution in [1.82, 2.24) is 5.32 Å². The third kappa shape index (κ3) is 4.28. The van der Waals surface area contributed by atoms with Gasteiger partial charge in [0.1, 0.15) is 11.6 Å². The molecule has 0 aliphatic rings. The summed E-state index contributed by atoms with van der Waals surface area (Å²) >= 11 is 0. The number of hydrogen-bond donors (Lipinski definition) is 2. The van der Waals surface area contributed by atoms with Crippen LogP contribution < -0.4 is 15.8 Å². The predicted octanol–water partition coefficient (Wildman–Crippen LogP) is 2.10. The largest absolute Gasteiger partial charge is 0.484 e. The summed E-state index contributed by atoms with van der Waals surface area (Å²) in [5.74, 6) is -0.0268. The van der Waals surface area contributed by atoms with Crippen LogP contribution in [0.4, 0.5) is 10.1 Å². The lowest BCUT2D eigenvalue weighted by Gasteiger charge is -2.08. The molecule has 0 aliphatic carbocycles. The van der Waals surface area contributed by atoms with Crippen LogP contribution in [0.5, 0.6) is 5.75 Å². The first-order valence-electron chi connectivity index (χ1n) is 6.13. The van der Waals surface area contributed by atoms with Crippen molar-refractivity contribution in [1.29, 1.82) is 0 Å². The van der Waals surface area contributed by atoms with Gasteiger partial charge in [-0.25, -0.2) is 4.39 Å². The minimum absolute atomic E-state index is 0.0980. The van der Waals surface area contributed by atoms with E-state index in [1.807, 2.05) is 0 Å². The zero-order valence-corrected chi connectivity index (χ0v) is 10.8. The molecule has 20 heavy (non-hydrogen) atoms. The Hall–Kier alpha value is -2.56. The van der Waals surface area contributed by atoms with Crippen molar-refractivity contribution in [3.05, 3.63) is 59.9 Å². The van der Waals surface area contributed by atoms with Crippen LogP contribution >= 0.6 is 0 Å². The van der Waals surface area contributed by atoms with E-state index >= 15 is 0 Å². The summed E-state index contributed by atoms with van der Waals surface area (Å²) in [6.45, 7) is 0.168. The van der Waals surface area contributed by atoms with E-state index in [0.29, 0.717) is 17.0 Å². The lowest BCUT2D eigenvalue weighted by molar-refractivity contribution is -0.123. The Morgan fingerprint density at radius 2 is 1.95 bits per heavy atom. The molecule has 0 aliphatic heterocycles. The van der Waals surface area contributed by atoms with E-state index in [1.54, 1.807) is 36.4 Å². The van der Waals surface area contributed by atoms with E-state index in [9.17, 15) is 9.18 Å². The zero-order valence-electron chi connectivity index (χ0n) is 10.8. The number of halogens is 1. The van der Waals surface area contributed by atoms with Crippen molar-refractivity contribution in [3.8, 4) is 5.75 Å². The van der Waals surface area contributed by atoms with Gasteiger partial charge in [-0.2, -0.15) is 0 Å². The van der Waals surface area contributed by atoms with Gasteiger partial charge in [0.15, 0.2) is 6.61 Å². The van der Waals surface area contributed by atoms with E-state index in [-0.39, 0.29) is 24.9 Å². The summed E-state index contributed by atoms with van der Waals surface area (Å²) in [6.07, 6.45) is 0. The van der Waals surface area contributed by atoms with E-state index < -0.39 is 0 Å². The van der Waals surface area contributed by atoms with Crippen LogP contribution in [0.2, 0.25) is 0 Å². The minimum Gasteiger partial charge on any atom is -0.484 e. The lowest BCUT2D eigenvalue weighted by Crippen LogP contribution is -2.28. The topological polar surface area (TPSA) is 64.3 Å². The Bertz CT molecular complexity index is 585. The van der Waals surface area contributed by atoms with Crippen molar-refractivity contribution < 1.29 is 13.9 Å². The molecule has 4 nitrogen and oxygen atoms in total. The first-order valence-corrected chi connectivity index (χ1v) is 6.13. The Kier molecular flexibility index (Phi) is 4.55. The number of benzene rings is 2. The average molecular weight is 274 g/mol. The van der Waals surface area contributed by atoms with Crippen LogP contribution in [-0.4, -0.2) is 12.5 Å². The molecule has 0 unspecified atom stereocenters. The highest BCUT2D eigenvalue weighted by Gasteiger charge is 2.03. The fraction of sp³-hybridized carbons (Fsp3) is 0.133. The minimum atomic E-state index is -0.324. The van der Waals surface area contributed by atoms with Crippen LogP contribution in [0.15, 0.2) is 48.5 Å². The number of carbonyl (C=O) groups is 1. The summed E-state index contributed by atoms with van der Waals surface area (Å²) in [4.78, 5) is 11.6. The van der Waals surface area contributed by atoms with Gasteiger partial charge < -0.3 is 15.8 Å². The molecule has 0 radical (unpaired) electrons. The maximum atomic E-state index is 12.9. The molecule has 3 N–H and O–H groups in total. The van der Waals surface area contributed by atoms with E-state index in [4.69, 9.17) is 10.5 Å². The van der Waals surface area contributed by atoms with Gasteiger partial charge in [-0.05, 0) is 42.0 Å². The van der Waals surface area contributed by atoms with Gasteiger partial charge in [0.05, 0.1) is 0 Å². The van der Waals surface area contributed by atoms with Crippen molar-refractivity contribution in [2.75, 3.05) is 12.3 Å². The number of carbonyl (C=O) groups excluding carboxylic acids is 1. The van der Waals surface area contributed by atoms with Gasteiger partial charge in [-0.3, -0.25) is 4.79 Å². The monoisotopic (exact) mass is 274 g/mol. The predicted molar refractivity (Wildman–Crippen MR) is 74.6 cm³/mol. The molecule has 0 spiro atoms. The molecular weight excluding hydrogens is 259 g/mol. The van der Waals surface area contributed by atoms with Crippen molar-refractivity contribution in [3.63, 3.8) is 0 Å². The smallest absolute Gasteiger partial charge is 0.258 e. The van der Waals surface area contributed by atoms with Gasteiger partial charge in [0.2, 0.25) is 0 Å². The van der Waals surface area contributed by atoms with Gasteiger partial charge >= 0.3 is 0 Å². The number of anilines is 1. The average Bonchev–Trinajstić information content (AvgIpc) is 2.45. The summed E-state index contributed by atoms with van der Waals surface area (Å²) in [6, 6.07) is 12.8. The third-order valence-corrected chi connectivity index (χ3v) is 2.63. The Morgan fingerprint density at radius 3 is 2.65 bits per heavy atom. The molecule has 0 atom stereocenters. The van der Waals surface area contributed by atoms with Crippen LogP contribution in [-0.2, 0) is 11.3 Å². The first kappa shape index (κ1) is 13.9. The molecule has 0 bridgehead atoms. The molecule has 0 saturated heterocycles. The normalized spacial score (nSPS) is 10.1. The molecule has 5 heteroatoms. The summed E-state index contributed by atoms with van der Waals surface area (Å²) in [7, 11) is 0. The SMILES string of the molecule is Nc1ccc(OCC(=O)NCc2cccc(F)c2)cc1. The highest BCUT2D eigenvalue weighted by molar-refractivity contribution is 5.77. The molecule has 104 valence electrons. The number of nitrogens with one attached hydrogen (secondary N) is 1. The van der Waals surface area contributed by atoms with Gasteiger partial charge in [-0.15, -0.1) is 0 Å². The van der Waals surface area contributed by atoms with Gasteiger partial charge in [0, 0.05) is 12.2 Å². The van der Waals surface area contributed by atoms with E-state index in [2.05, 4.69) is 5.32 Å². The van der Waals surface area contributed by atoms with Gasteiger partial charge in [0.25, 0.3) is 5.91 Å².